The average molecular weight is 271 g/mol. The maximum atomic E-state index is 12.6. The van der Waals surface area contributed by atoms with Crippen molar-refractivity contribution in [1.29, 1.82) is 0 Å². The highest BCUT2D eigenvalue weighted by atomic mass is 16.2. The largest absolute Gasteiger partial charge is 0.278 e. The van der Waals surface area contributed by atoms with Gasteiger partial charge in [0.15, 0.2) is 0 Å². The molecule has 0 bridgehead atoms. The summed E-state index contributed by atoms with van der Waals surface area (Å²) < 4.78 is 0. The first-order chi connectivity index (χ1) is 9.48. The molecule has 0 spiro atoms. The molecule has 1 aromatic rings. The van der Waals surface area contributed by atoms with Gasteiger partial charge in [0.05, 0.1) is 5.41 Å². The molecule has 0 saturated carbocycles. The van der Waals surface area contributed by atoms with Crippen molar-refractivity contribution in [3.63, 3.8) is 0 Å². The van der Waals surface area contributed by atoms with Crippen LogP contribution in [-0.2, 0) is 4.79 Å². The molecule has 1 aliphatic heterocycles. The average Bonchev–Trinajstić information content (AvgIpc) is 2.42. The van der Waals surface area contributed by atoms with Gasteiger partial charge in [0.25, 0.3) is 5.91 Å². The van der Waals surface area contributed by atoms with Crippen molar-refractivity contribution in [3.8, 4) is 0 Å². The summed E-state index contributed by atoms with van der Waals surface area (Å²) in [6.07, 6.45) is 4.05. The van der Waals surface area contributed by atoms with E-state index in [0.29, 0.717) is 18.5 Å². The Labute approximate surface area is 120 Å². The van der Waals surface area contributed by atoms with Crippen molar-refractivity contribution < 1.29 is 9.59 Å². The van der Waals surface area contributed by atoms with Crippen molar-refractivity contribution in [2.24, 2.45) is 5.41 Å². The lowest BCUT2D eigenvalue weighted by molar-refractivity contribution is -0.141. The summed E-state index contributed by atoms with van der Waals surface area (Å²) in [6.45, 7) is 8.12. The van der Waals surface area contributed by atoms with Gasteiger partial charge >= 0.3 is 0 Å². The molecule has 0 unspecified atom stereocenters. The molecule has 0 aromatic heterocycles. The van der Waals surface area contributed by atoms with E-state index >= 15 is 0 Å². The van der Waals surface area contributed by atoms with E-state index in [1.165, 1.54) is 4.90 Å². The van der Waals surface area contributed by atoms with Crippen LogP contribution in [0, 0.1) is 12.3 Å². The molecule has 1 aliphatic rings. The van der Waals surface area contributed by atoms with Gasteiger partial charge in [-0.15, -0.1) is 6.58 Å². The molecule has 0 aliphatic carbocycles. The number of benzene rings is 1. The smallest absolute Gasteiger partial charge is 0.260 e. The lowest BCUT2D eigenvalue weighted by Crippen LogP contribution is -2.49. The topological polar surface area (TPSA) is 37.4 Å². The van der Waals surface area contributed by atoms with Gasteiger partial charge in [0, 0.05) is 12.1 Å². The van der Waals surface area contributed by atoms with Crippen LogP contribution in [0.15, 0.2) is 36.9 Å². The van der Waals surface area contributed by atoms with E-state index in [9.17, 15) is 9.59 Å². The van der Waals surface area contributed by atoms with Crippen molar-refractivity contribution in [2.45, 2.75) is 33.1 Å². The number of nitrogens with zero attached hydrogens (tertiary/aromatic N) is 1. The first-order valence-corrected chi connectivity index (χ1v) is 7.02. The Bertz CT molecular complexity index is 532. The normalized spacial score (nSPS) is 22.7. The highest BCUT2D eigenvalue weighted by Gasteiger charge is 2.41. The molecule has 2 rings (SSSR count). The molecule has 20 heavy (non-hydrogen) atoms. The second kappa shape index (κ2) is 5.61. The van der Waals surface area contributed by atoms with Crippen molar-refractivity contribution >= 4 is 11.8 Å². The molecule has 0 N–H and O–H groups in total. The van der Waals surface area contributed by atoms with E-state index in [1.807, 2.05) is 26.0 Å². The van der Waals surface area contributed by atoms with Gasteiger partial charge in [-0.1, -0.05) is 30.7 Å². The lowest BCUT2D eigenvalue weighted by atomic mass is 9.78. The Kier molecular flexibility index (Phi) is 4.07. The molecule has 1 aromatic carbocycles. The maximum absolute atomic E-state index is 12.6. The molecular weight excluding hydrogens is 250 g/mol. The first kappa shape index (κ1) is 14.5. The van der Waals surface area contributed by atoms with Crippen molar-refractivity contribution in [3.05, 3.63) is 48.0 Å². The van der Waals surface area contributed by atoms with Crippen LogP contribution < -0.4 is 0 Å². The number of allylic oxidation sites excluding steroid dienone is 1. The fraction of sp³-hybridized carbons (Fsp3) is 0.412. The second-order valence-electron chi connectivity index (χ2n) is 5.78. The maximum Gasteiger partial charge on any atom is 0.260 e. The summed E-state index contributed by atoms with van der Waals surface area (Å²) in [4.78, 5) is 26.5. The Balaban J connectivity index is 2.23. The van der Waals surface area contributed by atoms with E-state index < -0.39 is 5.41 Å². The Morgan fingerprint density at radius 3 is 2.65 bits per heavy atom. The SMILES string of the molecule is C=CC[C@]1(C)CCCN(C(=O)c2ccc(C)cc2)C1=O. The fourth-order valence-electron chi connectivity index (χ4n) is 2.72. The predicted octanol–water partition coefficient (Wildman–Crippen LogP) is 3.34. The molecule has 1 fully saturated rings. The van der Waals surface area contributed by atoms with E-state index in [-0.39, 0.29) is 11.8 Å². The van der Waals surface area contributed by atoms with E-state index in [4.69, 9.17) is 0 Å². The van der Waals surface area contributed by atoms with Crippen LogP contribution >= 0.6 is 0 Å². The molecule has 1 saturated heterocycles. The number of hydrogen-bond donors (Lipinski definition) is 0. The van der Waals surface area contributed by atoms with Crippen LogP contribution in [0.3, 0.4) is 0 Å². The lowest BCUT2D eigenvalue weighted by Gasteiger charge is -2.37. The number of likely N-dealkylation sites (tertiary alicyclic amines) is 1. The highest BCUT2D eigenvalue weighted by Crippen LogP contribution is 2.35. The second-order valence-corrected chi connectivity index (χ2v) is 5.78. The fourth-order valence-corrected chi connectivity index (χ4v) is 2.72. The van der Waals surface area contributed by atoms with Crippen molar-refractivity contribution in [2.75, 3.05) is 6.54 Å². The van der Waals surface area contributed by atoms with Gasteiger partial charge in [-0.2, -0.15) is 0 Å². The third-order valence-corrected chi connectivity index (χ3v) is 4.01. The first-order valence-electron chi connectivity index (χ1n) is 7.02. The Morgan fingerprint density at radius 2 is 2.05 bits per heavy atom. The van der Waals surface area contributed by atoms with Crippen LogP contribution in [-0.4, -0.2) is 23.3 Å². The summed E-state index contributed by atoms with van der Waals surface area (Å²) in [5, 5.41) is 0. The zero-order valence-corrected chi connectivity index (χ0v) is 12.2. The number of rotatable bonds is 3. The Morgan fingerprint density at radius 1 is 1.40 bits per heavy atom. The highest BCUT2D eigenvalue weighted by molar-refractivity contribution is 6.06. The summed E-state index contributed by atoms with van der Waals surface area (Å²) in [6, 6.07) is 7.35. The minimum Gasteiger partial charge on any atom is -0.278 e. The van der Waals surface area contributed by atoms with Gasteiger partial charge in [-0.05, 0) is 38.3 Å². The van der Waals surface area contributed by atoms with Crippen LogP contribution in [0.5, 0.6) is 0 Å². The monoisotopic (exact) mass is 271 g/mol. The minimum atomic E-state index is -0.486. The Hall–Kier alpha value is -1.90. The number of aryl methyl sites for hydroxylation is 1. The standard InChI is InChI=1S/C17H21NO2/c1-4-10-17(3)11-5-12-18(16(17)20)15(19)14-8-6-13(2)7-9-14/h4,6-9H,1,5,10-12H2,2-3H3/t17-/m1/s1. The van der Waals surface area contributed by atoms with Crippen molar-refractivity contribution in [1.82, 2.24) is 4.90 Å². The van der Waals surface area contributed by atoms with Gasteiger partial charge < -0.3 is 0 Å². The number of carbonyl (C=O) groups excluding carboxylic acids is 2. The summed E-state index contributed by atoms with van der Waals surface area (Å²) >= 11 is 0. The van der Waals surface area contributed by atoms with Gasteiger partial charge in [0.2, 0.25) is 5.91 Å². The number of hydrogen-bond acceptors (Lipinski definition) is 2. The third-order valence-electron chi connectivity index (χ3n) is 4.01. The van der Waals surface area contributed by atoms with Gasteiger partial charge in [-0.25, -0.2) is 0 Å². The van der Waals surface area contributed by atoms with Crippen LogP contribution in [0.2, 0.25) is 0 Å². The van der Waals surface area contributed by atoms with E-state index in [1.54, 1.807) is 18.2 Å². The zero-order chi connectivity index (χ0) is 14.8. The van der Waals surface area contributed by atoms with Gasteiger partial charge in [0.1, 0.15) is 0 Å². The number of imide groups is 1. The molecule has 2 amide bonds. The molecule has 3 heteroatoms. The molecule has 106 valence electrons. The quantitative estimate of drug-likeness (QED) is 0.624. The third kappa shape index (κ3) is 2.67. The zero-order valence-electron chi connectivity index (χ0n) is 12.2. The van der Waals surface area contributed by atoms with Gasteiger partial charge in [-0.3, -0.25) is 14.5 Å². The summed E-state index contributed by atoms with van der Waals surface area (Å²) in [5.41, 5.74) is 1.19. The number of carbonyl (C=O) groups is 2. The minimum absolute atomic E-state index is 0.0748. The molecule has 1 heterocycles. The van der Waals surface area contributed by atoms with E-state index in [2.05, 4.69) is 6.58 Å². The van der Waals surface area contributed by atoms with Crippen LogP contribution in [0.4, 0.5) is 0 Å². The molecule has 0 radical (unpaired) electrons. The number of piperidine rings is 1. The molecular formula is C17H21NO2. The van der Waals surface area contributed by atoms with Crippen LogP contribution in [0.1, 0.15) is 42.1 Å². The number of amides is 2. The predicted molar refractivity (Wildman–Crippen MR) is 79.4 cm³/mol. The summed E-state index contributed by atoms with van der Waals surface area (Å²) in [5.74, 6) is -0.265. The molecule has 1 atom stereocenters. The summed E-state index contributed by atoms with van der Waals surface area (Å²) in [7, 11) is 0. The van der Waals surface area contributed by atoms with E-state index in [0.717, 1.165) is 18.4 Å². The van der Waals surface area contributed by atoms with Crippen LogP contribution in [0.25, 0.3) is 0 Å². The molecule has 3 nitrogen and oxygen atoms in total.